The molecule has 26 heavy (non-hydrogen) atoms. The fraction of sp³-hybridized carbons (Fsp3) is 0.647. The number of carbonyl (C=O) groups excluding carboxylic acids is 1. The minimum absolute atomic E-state index is 0.171. The Morgan fingerprint density at radius 3 is 2.50 bits per heavy atom. The van der Waals surface area contributed by atoms with Gasteiger partial charge < -0.3 is 14.4 Å². The van der Waals surface area contributed by atoms with E-state index in [1.165, 1.54) is 0 Å². The third kappa shape index (κ3) is 3.37. The summed E-state index contributed by atoms with van der Waals surface area (Å²) in [6, 6.07) is 1.48. The maximum atomic E-state index is 12.9. The Kier molecular flexibility index (Phi) is 5.12. The molecule has 0 bridgehead atoms. The van der Waals surface area contributed by atoms with Gasteiger partial charge in [-0.25, -0.2) is 13.2 Å². The minimum atomic E-state index is -4.05. The van der Waals surface area contributed by atoms with Crippen molar-refractivity contribution in [3.8, 4) is 0 Å². The van der Waals surface area contributed by atoms with Crippen LogP contribution in [-0.4, -0.2) is 60.3 Å². The molecule has 2 aliphatic heterocycles. The van der Waals surface area contributed by atoms with Crippen molar-refractivity contribution in [3.63, 3.8) is 0 Å². The van der Waals surface area contributed by atoms with Crippen LogP contribution in [-0.2, 0) is 14.8 Å². The number of carboxylic acid groups (broad SMARTS) is 1. The van der Waals surface area contributed by atoms with Gasteiger partial charge in [0, 0.05) is 19.6 Å². The van der Waals surface area contributed by atoms with E-state index in [0.717, 1.165) is 22.9 Å². The number of sulfonamides is 1. The summed E-state index contributed by atoms with van der Waals surface area (Å²) >= 11 is 0. The summed E-state index contributed by atoms with van der Waals surface area (Å²) in [6.45, 7) is 5.76. The van der Waals surface area contributed by atoms with Crippen LogP contribution in [0.1, 0.15) is 43.7 Å². The minimum Gasteiger partial charge on any atom is -0.475 e. The van der Waals surface area contributed by atoms with Crippen LogP contribution in [0, 0.1) is 11.8 Å². The first-order valence-electron chi connectivity index (χ1n) is 8.85. The van der Waals surface area contributed by atoms with E-state index < -0.39 is 32.9 Å². The van der Waals surface area contributed by atoms with Gasteiger partial charge in [0.1, 0.15) is 6.04 Å². The third-order valence-electron chi connectivity index (χ3n) is 5.49. The lowest BCUT2D eigenvalue weighted by Crippen LogP contribution is -2.51. The van der Waals surface area contributed by atoms with Gasteiger partial charge in [-0.15, -0.1) is 0 Å². The predicted molar refractivity (Wildman–Crippen MR) is 92.1 cm³/mol. The molecule has 1 amide bonds. The molecule has 3 atom stereocenters. The highest BCUT2D eigenvalue weighted by molar-refractivity contribution is 7.89. The van der Waals surface area contributed by atoms with E-state index in [2.05, 4.69) is 13.8 Å². The van der Waals surface area contributed by atoms with Gasteiger partial charge in [0.2, 0.25) is 16.8 Å². The number of likely N-dealkylation sites (tertiary alicyclic amines) is 1. The number of piperidine rings is 1. The first-order valence-corrected chi connectivity index (χ1v) is 10.3. The molecule has 8 nitrogen and oxygen atoms in total. The molecule has 9 heteroatoms. The molecule has 3 unspecified atom stereocenters. The lowest BCUT2D eigenvalue weighted by molar-refractivity contribution is -0.137. The predicted octanol–water partition coefficient (Wildman–Crippen LogP) is 1.64. The molecule has 0 saturated carbocycles. The molecule has 0 radical (unpaired) electrons. The smallest absolute Gasteiger partial charge is 0.371 e. The Hall–Kier alpha value is -1.87. The van der Waals surface area contributed by atoms with Gasteiger partial charge in [0.05, 0.1) is 0 Å². The summed E-state index contributed by atoms with van der Waals surface area (Å²) in [5, 5.41) is 8.49. The van der Waals surface area contributed by atoms with Crippen molar-refractivity contribution in [2.45, 2.75) is 44.2 Å². The lowest BCUT2D eigenvalue weighted by Gasteiger charge is -2.37. The largest absolute Gasteiger partial charge is 0.475 e. The fourth-order valence-corrected chi connectivity index (χ4v) is 5.20. The van der Waals surface area contributed by atoms with Gasteiger partial charge in [-0.05, 0) is 43.2 Å². The van der Waals surface area contributed by atoms with Crippen molar-refractivity contribution in [3.05, 3.63) is 17.9 Å². The SMILES string of the molecule is CC1CCN(C(=O)C2CCCN2S(=O)(=O)c2ccc(C(=O)O)o2)CC1C. The van der Waals surface area contributed by atoms with Crippen LogP contribution in [0.15, 0.2) is 21.6 Å². The maximum Gasteiger partial charge on any atom is 0.371 e. The standard InChI is InChI=1S/C17H24N2O6S/c1-11-7-9-18(10-12(11)2)16(20)13-4-3-8-19(13)26(23,24)15-6-5-14(25-15)17(21)22/h5-6,11-13H,3-4,7-10H2,1-2H3,(H,21,22). The first-order chi connectivity index (χ1) is 12.2. The molecule has 0 spiro atoms. The van der Waals surface area contributed by atoms with Gasteiger partial charge in [-0.3, -0.25) is 4.79 Å². The zero-order chi connectivity index (χ0) is 19.1. The van der Waals surface area contributed by atoms with E-state index in [4.69, 9.17) is 9.52 Å². The van der Waals surface area contributed by atoms with Crippen molar-refractivity contribution >= 4 is 21.9 Å². The Balaban J connectivity index is 1.80. The lowest BCUT2D eigenvalue weighted by atomic mass is 9.88. The van der Waals surface area contributed by atoms with E-state index in [1.807, 2.05) is 0 Å². The second-order valence-corrected chi connectivity index (χ2v) is 9.05. The normalized spacial score (nSPS) is 27.6. The highest BCUT2D eigenvalue weighted by Crippen LogP contribution is 2.30. The van der Waals surface area contributed by atoms with Crippen LogP contribution in [0.2, 0.25) is 0 Å². The molecule has 1 aromatic rings. The van der Waals surface area contributed by atoms with Crippen molar-refractivity contribution in [2.24, 2.45) is 11.8 Å². The molecular weight excluding hydrogens is 360 g/mol. The van der Waals surface area contributed by atoms with E-state index in [0.29, 0.717) is 37.8 Å². The third-order valence-corrected chi connectivity index (χ3v) is 7.27. The second-order valence-electron chi connectivity index (χ2n) is 7.23. The van der Waals surface area contributed by atoms with E-state index in [9.17, 15) is 18.0 Å². The van der Waals surface area contributed by atoms with Crippen molar-refractivity contribution in [1.29, 1.82) is 0 Å². The number of carbonyl (C=O) groups is 2. The second kappa shape index (κ2) is 7.03. The van der Waals surface area contributed by atoms with Crippen LogP contribution in [0.25, 0.3) is 0 Å². The Labute approximate surface area is 152 Å². The Bertz CT molecular complexity index is 802. The maximum absolute atomic E-state index is 12.9. The highest BCUT2D eigenvalue weighted by atomic mass is 32.2. The van der Waals surface area contributed by atoms with Crippen LogP contribution < -0.4 is 0 Å². The number of aromatic carboxylic acids is 1. The number of hydrogen-bond acceptors (Lipinski definition) is 5. The van der Waals surface area contributed by atoms with Gasteiger partial charge in [-0.2, -0.15) is 4.31 Å². The van der Waals surface area contributed by atoms with Gasteiger partial charge in [0.15, 0.2) is 0 Å². The zero-order valence-corrected chi connectivity index (χ0v) is 15.7. The fourth-order valence-electron chi connectivity index (χ4n) is 3.64. The van der Waals surface area contributed by atoms with Crippen LogP contribution in [0.5, 0.6) is 0 Å². The van der Waals surface area contributed by atoms with Crippen molar-refractivity contribution in [1.82, 2.24) is 9.21 Å². The summed E-state index contributed by atoms with van der Waals surface area (Å²) in [5.41, 5.74) is 0. The Morgan fingerprint density at radius 1 is 1.15 bits per heavy atom. The summed E-state index contributed by atoms with van der Waals surface area (Å²) in [6.07, 6.45) is 1.96. The highest BCUT2D eigenvalue weighted by Gasteiger charge is 2.43. The number of carboxylic acids is 1. The number of nitrogens with zero attached hydrogens (tertiary/aromatic N) is 2. The molecule has 0 aliphatic carbocycles. The van der Waals surface area contributed by atoms with E-state index in [-0.39, 0.29) is 12.5 Å². The molecule has 2 saturated heterocycles. The van der Waals surface area contributed by atoms with Gasteiger partial charge in [0.25, 0.3) is 10.0 Å². The number of amides is 1. The average molecular weight is 384 g/mol. The molecular formula is C17H24N2O6S. The van der Waals surface area contributed by atoms with Gasteiger partial charge in [-0.1, -0.05) is 13.8 Å². The van der Waals surface area contributed by atoms with Crippen LogP contribution in [0.3, 0.4) is 0 Å². The summed E-state index contributed by atoms with van der Waals surface area (Å²) < 4.78 is 31.8. The molecule has 2 fully saturated rings. The molecule has 1 N–H and O–H groups in total. The first kappa shape index (κ1) is 18.9. The Morgan fingerprint density at radius 2 is 1.88 bits per heavy atom. The quantitative estimate of drug-likeness (QED) is 0.845. The molecule has 1 aromatic heterocycles. The number of hydrogen-bond donors (Lipinski definition) is 1. The van der Waals surface area contributed by atoms with E-state index in [1.54, 1.807) is 4.90 Å². The summed E-state index contributed by atoms with van der Waals surface area (Å²) in [5.74, 6) is -1.03. The monoisotopic (exact) mass is 384 g/mol. The molecule has 144 valence electrons. The van der Waals surface area contributed by atoms with Gasteiger partial charge >= 0.3 is 5.97 Å². The molecule has 3 rings (SSSR count). The van der Waals surface area contributed by atoms with Crippen LogP contribution >= 0.6 is 0 Å². The molecule has 3 heterocycles. The topological polar surface area (TPSA) is 108 Å². The summed E-state index contributed by atoms with van der Waals surface area (Å²) in [4.78, 5) is 25.6. The number of furan rings is 1. The summed E-state index contributed by atoms with van der Waals surface area (Å²) in [7, 11) is -4.05. The molecule has 2 aliphatic rings. The van der Waals surface area contributed by atoms with Crippen LogP contribution in [0.4, 0.5) is 0 Å². The van der Waals surface area contributed by atoms with Crippen molar-refractivity contribution in [2.75, 3.05) is 19.6 Å². The average Bonchev–Trinajstić information content (AvgIpc) is 3.26. The van der Waals surface area contributed by atoms with Crippen molar-refractivity contribution < 1.29 is 27.5 Å². The van der Waals surface area contributed by atoms with E-state index >= 15 is 0 Å². The zero-order valence-electron chi connectivity index (χ0n) is 14.9. The molecule has 0 aromatic carbocycles. The number of rotatable bonds is 4.